The van der Waals surface area contributed by atoms with E-state index in [4.69, 9.17) is 0 Å². The van der Waals surface area contributed by atoms with Gasteiger partial charge in [0.2, 0.25) is 15.9 Å². The van der Waals surface area contributed by atoms with Gasteiger partial charge in [-0.3, -0.25) is 4.79 Å². The van der Waals surface area contributed by atoms with Crippen LogP contribution in [0.1, 0.15) is 24.8 Å². The van der Waals surface area contributed by atoms with Crippen LogP contribution in [0.3, 0.4) is 0 Å². The van der Waals surface area contributed by atoms with Crippen molar-refractivity contribution < 1.29 is 26.4 Å². The Hall–Kier alpha value is -1.13. The lowest BCUT2D eigenvalue weighted by atomic mass is 9.78. The fraction of sp³-hybridized carbons (Fsp3) is 0.533. The van der Waals surface area contributed by atoms with Gasteiger partial charge in [0.15, 0.2) is 0 Å². The van der Waals surface area contributed by atoms with Gasteiger partial charge in [-0.05, 0) is 53.4 Å². The van der Waals surface area contributed by atoms with E-state index in [0.717, 1.165) is 16.4 Å². The average Bonchev–Trinajstić information content (AvgIpc) is 2.87. The highest BCUT2D eigenvalue weighted by Gasteiger charge is 2.46. The van der Waals surface area contributed by atoms with Gasteiger partial charge in [0.25, 0.3) is 0 Å². The highest BCUT2D eigenvalue weighted by Crippen LogP contribution is 2.40. The van der Waals surface area contributed by atoms with Gasteiger partial charge in [-0.2, -0.15) is 17.5 Å². The molecular formula is C15H16BrF3N2O3S. The Morgan fingerprint density at radius 1 is 1.16 bits per heavy atom. The maximum atomic E-state index is 12.9. The van der Waals surface area contributed by atoms with Crippen LogP contribution in [0, 0.1) is 5.41 Å². The highest BCUT2D eigenvalue weighted by atomic mass is 79.9. The number of rotatable bonds is 2. The molecule has 2 fully saturated rings. The molecule has 1 spiro atoms. The molecular weight excluding hydrogens is 425 g/mol. The first kappa shape index (κ1) is 18.7. The second-order valence-corrected chi connectivity index (χ2v) is 9.09. The maximum Gasteiger partial charge on any atom is 0.416 e. The summed E-state index contributed by atoms with van der Waals surface area (Å²) in [4.78, 5) is 11.6. The number of benzene rings is 1. The van der Waals surface area contributed by atoms with E-state index in [1.54, 1.807) is 0 Å². The zero-order valence-corrected chi connectivity index (χ0v) is 15.5. The van der Waals surface area contributed by atoms with Crippen LogP contribution in [-0.4, -0.2) is 38.3 Å². The number of nitrogens with one attached hydrogen (secondary N) is 1. The molecule has 0 saturated carbocycles. The van der Waals surface area contributed by atoms with Crippen molar-refractivity contribution in [2.45, 2.75) is 30.3 Å². The third-order valence-electron chi connectivity index (χ3n) is 4.93. The molecule has 2 saturated heterocycles. The van der Waals surface area contributed by atoms with E-state index in [1.165, 1.54) is 0 Å². The van der Waals surface area contributed by atoms with E-state index in [0.29, 0.717) is 31.9 Å². The van der Waals surface area contributed by atoms with Crippen LogP contribution in [0.5, 0.6) is 0 Å². The van der Waals surface area contributed by atoms with E-state index < -0.39 is 32.1 Å². The van der Waals surface area contributed by atoms with Crippen LogP contribution in [0.2, 0.25) is 0 Å². The lowest BCUT2D eigenvalue weighted by Gasteiger charge is -2.36. The molecule has 0 unspecified atom stereocenters. The van der Waals surface area contributed by atoms with Gasteiger partial charge in [0.1, 0.15) is 0 Å². The molecule has 25 heavy (non-hydrogen) atoms. The zero-order valence-electron chi connectivity index (χ0n) is 13.1. The van der Waals surface area contributed by atoms with Crippen molar-refractivity contribution in [3.05, 3.63) is 28.2 Å². The summed E-state index contributed by atoms with van der Waals surface area (Å²) in [6.07, 6.45) is -3.23. The molecule has 5 nitrogen and oxygen atoms in total. The van der Waals surface area contributed by atoms with E-state index in [2.05, 4.69) is 21.2 Å². The molecule has 138 valence electrons. The topological polar surface area (TPSA) is 66.5 Å². The largest absolute Gasteiger partial charge is 0.416 e. The van der Waals surface area contributed by atoms with Crippen molar-refractivity contribution >= 4 is 31.9 Å². The Morgan fingerprint density at radius 3 is 2.32 bits per heavy atom. The molecule has 1 N–H and O–H groups in total. The number of hydrogen-bond acceptors (Lipinski definition) is 3. The first-order valence-corrected chi connectivity index (χ1v) is 9.95. The predicted molar refractivity (Wildman–Crippen MR) is 87.2 cm³/mol. The summed E-state index contributed by atoms with van der Waals surface area (Å²) >= 11 is 3.03. The molecule has 2 aliphatic rings. The SMILES string of the molecule is O=C1NCCC12CCN(S(=O)(=O)c1cc(C(F)(F)F)ccc1Br)CC2. The van der Waals surface area contributed by atoms with Crippen LogP contribution in [-0.2, 0) is 21.0 Å². The number of piperidine rings is 1. The van der Waals surface area contributed by atoms with Crippen molar-refractivity contribution in [1.29, 1.82) is 0 Å². The molecule has 1 amide bonds. The summed E-state index contributed by atoms with van der Waals surface area (Å²) in [5, 5.41) is 2.76. The van der Waals surface area contributed by atoms with E-state index in [9.17, 15) is 26.4 Å². The minimum absolute atomic E-state index is 0.0650. The van der Waals surface area contributed by atoms with Gasteiger partial charge < -0.3 is 5.32 Å². The number of amides is 1. The first-order chi connectivity index (χ1) is 11.6. The summed E-state index contributed by atoms with van der Waals surface area (Å²) in [5.74, 6) is -0.0650. The third kappa shape index (κ3) is 3.31. The highest BCUT2D eigenvalue weighted by molar-refractivity contribution is 9.10. The van der Waals surface area contributed by atoms with Gasteiger partial charge in [-0.15, -0.1) is 0 Å². The summed E-state index contributed by atoms with van der Waals surface area (Å²) in [5.41, 5.74) is -1.56. The molecule has 0 aromatic heterocycles. The Morgan fingerprint density at radius 2 is 1.80 bits per heavy atom. The Bertz CT molecular complexity index is 803. The molecule has 0 atom stereocenters. The first-order valence-electron chi connectivity index (χ1n) is 7.71. The van der Waals surface area contributed by atoms with Crippen molar-refractivity contribution in [2.75, 3.05) is 19.6 Å². The third-order valence-corrected chi connectivity index (χ3v) is 7.82. The smallest absolute Gasteiger partial charge is 0.356 e. The second-order valence-electron chi connectivity index (χ2n) is 6.33. The molecule has 0 aliphatic carbocycles. The lowest BCUT2D eigenvalue weighted by Crippen LogP contribution is -2.46. The van der Waals surface area contributed by atoms with Gasteiger partial charge in [-0.25, -0.2) is 8.42 Å². The summed E-state index contributed by atoms with van der Waals surface area (Å²) in [6.45, 7) is 0.793. The number of halogens is 4. The number of carbonyl (C=O) groups is 1. The predicted octanol–water partition coefficient (Wildman–Crippen LogP) is 2.76. The van der Waals surface area contributed by atoms with Crippen LogP contribution in [0.4, 0.5) is 13.2 Å². The minimum Gasteiger partial charge on any atom is -0.356 e. The second kappa shape index (κ2) is 6.24. The Kier molecular flexibility index (Phi) is 4.66. The van der Waals surface area contributed by atoms with E-state index >= 15 is 0 Å². The van der Waals surface area contributed by atoms with Crippen molar-refractivity contribution in [3.8, 4) is 0 Å². The lowest BCUT2D eigenvalue weighted by molar-refractivity contribution is -0.137. The summed E-state index contributed by atoms with van der Waals surface area (Å²) in [6, 6.07) is 2.56. The summed E-state index contributed by atoms with van der Waals surface area (Å²) in [7, 11) is -4.08. The van der Waals surface area contributed by atoms with E-state index in [1.807, 2.05) is 0 Å². The van der Waals surface area contributed by atoms with Crippen LogP contribution in [0.15, 0.2) is 27.6 Å². The monoisotopic (exact) mass is 440 g/mol. The molecule has 2 heterocycles. The molecule has 1 aromatic carbocycles. The van der Waals surface area contributed by atoms with E-state index in [-0.39, 0.29) is 23.5 Å². The number of sulfonamides is 1. The summed E-state index contributed by atoms with van der Waals surface area (Å²) < 4.78 is 65.6. The quantitative estimate of drug-likeness (QED) is 0.768. The molecule has 10 heteroatoms. The zero-order chi connectivity index (χ0) is 18.5. The van der Waals surface area contributed by atoms with Gasteiger partial charge in [0, 0.05) is 24.1 Å². The molecule has 1 aromatic rings. The Labute approximate surface area is 151 Å². The Balaban J connectivity index is 1.87. The minimum atomic E-state index is -4.63. The maximum absolute atomic E-state index is 12.9. The van der Waals surface area contributed by atoms with Crippen molar-refractivity contribution in [3.63, 3.8) is 0 Å². The van der Waals surface area contributed by atoms with Gasteiger partial charge >= 0.3 is 6.18 Å². The van der Waals surface area contributed by atoms with Crippen molar-refractivity contribution in [1.82, 2.24) is 9.62 Å². The van der Waals surface area contributed by atoms with Crippen molar-refractivity contribution in [2.24, 2.45) is 5.41 Å². The molecule has 2 aliphatic heterocycles. The normalized spacial score (nSPS) is 21.5. The average molecular weight is 441 g/mol. The molecule has 0 radical (unpaired) electrons. The number of nitrogens with zero attached hydrogens (tertiary/aromatic N) is 1. The van der Waals surface area contributed by atoms with Crippen LogP contribution >= 0.6 is 15.9 Å². The van der Waals surface area contributed by atoms with Crippen LogP contribution in [0.25, 0.3) is 0 Å². The fourth-order valence-corrected chi connectivity index (χ4v) is 5.76. The van der Waals surface area contributed by atoms with Crippen LogP contribution < -0.4 is 5.32 Å². The number of hydrogen-bond donors (Lipinski definition) is 1. The molecule has 3 rings (SSSR count). The number of carbonyl (C=O) groups excluding carboxylic acids is 1. The number of alkyl halides is 3. The van der Waals surface area contributed by atoms with Gasteiger partial charge in [-0.1, -0.05) is 0 Å². The molecule has 0 bridgehead atoms. The van der Waals surface area contributed by atoms with Gasteiger partial charge in [0.05, 0.1) is 15.9 Å². The fourth-order valence-electron chi connectivity index (χ4n) is 3.36. The standard InChI is InChI=1S/C15H16BrF3N2O3S/c16-11-2-1-10(15(17,18)19)9-12(11)25(23,24)21-7-4-14(5-8-21)3-6-20-13(14)22/h1-2,9H,3-8H2,(H,20,22).